The Morgan fingerprint density at radius 2 is 1.40 bits per heavy atom. The molecule has 0 spiro atoms. The van der Waals surface area contributed by atoms with Crippen LogP contribution in [0.3, 0.4) is 0 Å². The molecule has 0 amide bonds. The van der Waals surface area contributed by atoms with Gasteiger partial charge in [-0.05, 0) is 98.3 Å². The number of nitrogens with zero attached hydrogens (tertiary/aromatic N) is 2. The summed E-state index contributed by atoms with van der Waals surface area (Å²) in [6.45, 7) is 0. The molecule has 2 aliphatic heterocycles. The first-order valence-corrected chi connectivity index (χ1v) is 12.6. The molecule has 4 aliphatic rings. The highest BCUT2D eigenvalue weighted by atomic mass is 15.2. The zero-order valence-corrected chi connectivity index (χ0v) is 19.3. The maximum Gasteiger partial charge on any atom is 0.0716 e. The van der Waals surface area contributed by atoms with Crippen molar-refractivity contribution in [3.05, 3.63) is 130 Å². The van der Waals surface area contributed by atoms with Gasteiger partial charge in [-0.2, -0.15) is 0 Å². The SMILES string of the molecule is c1ccc2c(c1)Cc1ccc3c(c1-2)Cc1cc2c(cc1-3)Cc1nccc3c1N2c1ccccc1C3. The maximum atomic E-state index is 4.85. The number of fused-ring (bicyclic) bond motifs is 11. The Balaban J connectivity index is 1.27. The lowest BCUT2D eigenvalue weighted by Crippen LogP contribution is -2.25. The molecule has 164 valence electrons. The highest BCUT2D eigenvalue weighted by molar-refractivity contribution is 5.94. The zero-order chi connectivity index (χ0) is 22.7. The van der Waals surface area contributed by atoms with Gasteiger partial charge in [-0.1, -0.05) is 54.6 Å². The van der Waals surface area contributed by atoms with Crippen LogP contribution in [0.4, 0.5) is 17.1 Å². The molecule has 1 aromatic heterocycles. The van der Waals surface area contributed by atoms with Gasteiger partial charge in [0.15, 0.2) is 0 Å². The molecule has 2 heteroatoms. The Labute approximate surface area is 204 Å². The van der Waals surface area contributed by atoms with Crippen LogP contribution in [0, 0.1) is 0 Å². The minimum absolute atomic E-state index is 0.896. The number of pyridine rings is 1. The molecule has 0 unspecified atom stereocenters. The van der Waals surface area contributed by atoms with E-state index in [9.17, 15) is 0 Å². The fourth-order valence-corrected chi connectivity index (χ4v) is 7.07. The summed E-state index contributed by atoms with van der Waals surface area (Å²) in [7, 11) is 0. The Morgan fingerprint density at radius 3 is 2.37 bits per heavy atom. The van der Waals surface area contributed by atoms with Crippen molar-refractivity contribution in [2.45, 2.75) is 25.7 Å². The van der Waals surface area contributed by atoms with Gasteiger partial charge in [-0.25, -0.2) is 0 Å². The normalized spacial score (nSPS) is 14.9. The van der Waals surface area contributed by atoms with Crippen LogP contribution in [0.25, 0.3) is 22.3 Å². The molecule has 9 rings (SSSR count). The van der Waals surface area contributed by atoms with Crippen LogP contribution in [0.2, 0.25) is 0 Å². The average molecular weight is 447 g/mol. The molecule has 0 radical (unpaired) electrons. The summed E-state index contributed by atoms with van der Waals surface area (Å²) < 4.78 is 0. The van der Waals surface area contributed by atoms with Gasteiger partial charge in [-0.3, -0.25) is 4.98 Å². The number of para-hydroxylation sites is 1. The van der Waals surface area contributed by atoms with Gasteiger partial charge in [0.05, 0.1) is 17.1 Å². The third-order valence-corrected chi connectivity index (χ3v) is 8.55. The molecule has 0 atom stereocenters. The van der Waals surface area contributed by atoms with Gasteiger partial charge in [0.2, 0.25) is 0 Å². The van der Waals surface area contributed by atoms with Crippen LogP contribution < -0.4 is 4.90 Å². The third kappa shape index (κ3) is 2.27. The number of anilines is 3. The van der Waals surface area contributed by atoms with Gasteiger partial charge in [-0.15, -0.1) is 0 Å². The molecule has 2 nitrogen and oxygen atoms in total. The molecular formula is C33H22N2. The van der Waals surface area contributed by atoms with Gasteiger partial charge < -0.3 is 4.90 Å². The topological polar surface area (TPSA) is 16.1 Å². The summed E-state index contributed by atoms with van der Waals surface area (Å²) in [5.41, 5.74) is 21.0. The molecule has 4 aromatic carbocycles. The lowest BCUT2D eigenvalue weighted by atomic mass is 9.87. The van der Waals surface area contributed by atoms with E-state index >= 15 is 0 Å². The van der Waals surface area contributed by atoms with Crippen molar-refractivity contribution in [2.75, 3.05) is 4.90 Å². The van der Waals surface area contributed by atoms with E-state index < -0.39 is 0 Å². The molecular weight excluding hydrogens is 424 g/mol. The Hall–Kier alpha value is -4.17. The average Bonchev–Trinajstić information content (AvgIpc) is 3.45. The summed E-state index contributed by atoms with van der Waals surface area (Å²) in [6, 6.07) is 29.7. The first-order chi connectivity index (χ1) is 17.3. The van der Waals surface area contributed by atoms with E-state index in [1.165, 1.54) is 84.0 Å². The number of hydrogen-bond donors (Lipinski definition) is 0. The molecule has 0 saturated carbocycles. The van der Waals surface area contributed by atoms with Crippen molar-refractivity contribution >= 4 is 17.1 Å². The van der Waals surface area contributed by atoms with Crippen LogP contribution in [-0.4, -0.2) is 4.98 Å². The first-order valence-electron chi connectivity index (χ1n) is 12.6. The Kier molecular flexibility index (Phi) is 3.27. The predicted octanol–water partition coefficient (Wildman–Crippen LogP) is 7.50. The second-order valence-corrected chi connectivity index (χ2v) is 10.4. The van der Waals surface area contributed by atoms with Gasteiger partial charge >= 0.3 is 0 Å². The van der Waals surface area contributed by atoms with Gasteiger partial charge in [0.1, 0.15) is 0 Å². The highest BCUT2D eigenvalue weighted by Crippen LogP contribution is 2.53. The number of hydrogen-bond acceptors (Lipinski definition) is 2. The summed E-state index contributed by atoms with van der Waals surface area (Å²) in [5, 5.41) is 0. The van der Waals surface area contributed by atoms with Crippen LogP contribution in [0.1, 0.15) is 44.6 Å². The van der Waals surface area contributed by atoms with Crippen molar-refractivity contribution in [3.8, 4) is 22.3 Å². The molecule has 0 N–H and O–H groups in total. The lowest BCUT2D eigenvalue weighted by Gasteiger charge is -2.39. The van der Waals surface area contributed by atoms with Crippen LogP contribution in [-0.2, 0) is 25.7 Å². The van der Waals surface area contributed by atoms with E-state index in [4.69, 9.17) is 4.98 Å². The van der Waals surface area contributed by atoms with E-state index in [0.29, 0.717) is 0 Å². The Bertz CT molecular complexity index is 1760. The molecule has 0 bridgehead atoms. The molecule has 0 fully saturated rings. The number of benzene rings is 4. The minimum atomic E-state index is 0.896. The standard InChI is InChI=1S/C33H22N2/c1-3-7-25-19(5-1)13-21-9-10-26-27-16-24-17-29-33-22(11-12-34-29)14-20-6-2-4-8-30(20)35(33)31(24)18-23(27)15-28(26)32(21)25/h1-12,16,18H,13-15,17H2. The molecule has 2 aliphatic carbocycles. The fraction of sp³-hybridized carbons (Fsp3) is 0.121. The summed E-state index contributed by atoms with van der Waals surface area (Å²) in [4.78, 5) is 7.35. The minimum Gasteiger partial charge on any atom is -0.308 e. The van der Waals surface area contributed by atoms with Crippen LogP contribution in [0.15, 0.2) is 85.1 Å². The third-order valence-electron chi connectivity index (χ3n) is 8.55. The van der Waals surface area contributed by atoms with Crippen LogP contribution >= 0.6 is 0 Å². The lowest BCUT2D eigenvalue weighted by molar-refractivity contribution is 0.959. The number of rotatable bonds is 0. The van der Waals surface area contributed by atoms with Crippen molar-refractivity contribution in [1.82, 2.24) is 4.98 Å². The van der Waals surface area contributed by atoms with E-state index in [2.05, 4.69) is 83.8 Å². The van der Waals surface area contributed by atoms with E-state index in [1.54, 1.807) is 0 Å². The van der Waals surface area contributed by atoms with Crippen molar-refractivity contribution < 1.29 is 0 Å². The zero-order valence-electron chi connectivity index (χ0n) is 19.3. The second kappa shape index (κ2) is 6.28. The predicted molar refractivity (Wildman–Crippen MR) is 141 cm³/mol. The largest absolute Gasteiger partial charge is 0.308 e. The fourth-order valence-electron chi connectivity index (χ4n) is 7.07. The van der Waals surface area contributed by atoms with E-state index in [1.807, 2.05) is 6.20 Å². The van der Waals surface area contributed by atoms with Gasteiger partial charge in [0, 0.05) is 24.7 Å². The van der Waals surface area contributed by atoms with E-state index in [-0.39, 0.29) is 0 Å². The smallest absolute Gasteiger partial charge is 0.0716 e. The molecule has 3 heterocycles. The van der Waals surface area contributed by atoms with Crippen molar-refractivity contribution in [2.24, 2.45) is 0 Å². The number of aromatic nitrogens is 1. The highest BCUT2D eigenvalue weighted by Gasteiger charge is 2.35. The van der Waals surface area contributed by atoms with E-state index in [0.717, 1.165) is 25.7 Å². The van der Waals surface area contributed by atoms with Crippen molar-refractivity contribution in [1.29, 1.82) is 0 Å². The van der Waals surface area contributed by atoms with Crippen LogP contribution in [0.5, 0.6) is 0 Å². The summed E-state index contributed by atoms with van der Waals surface area (Å²) >= 11 is 0. The second-order valence-electron chi connectivity index (χ2n) is 10.4. The van der Waals surface area contributed by atoms with Gasteiger partial charge in [0.25, 0.3) is 0 Å². The quantitative estimate of drug-likeness (QED) is 0.240. The molecule has 5 aromatic rings. The maximum absolute atomic E-state index is 4.85. The first kappa shape index (κ1) is 18.2. The molecule has 35 heavy (non-hydrogen) atoms. The van der Waals surface area contributed by atoms with Crippen molar-refractivity contribution in [3.63, 3.8) is 0 Å². The summed E-state index contributed by atoms with van der Waals surface area (Å²) in [5.74, 6) is 0. The summed E-state index contributed by atoms with van der Waals surface area (Å²) in [6.07, 6.45) is 5.94. The Morgan fingerprint density at radius 1 is 0.543 bits per heavy atom. The monoisotopic (exact) mass is 446 g/mol. The molecule has 0 saturated heterocycles.